The molecule has 0 heterocycles. The molecule has 114 valence electrons. The fourth-order valence-corrected chi connectivity index (χ4v) is 2.69. The first-order chi connectivity index (χ1) is 9.20. The number of nitrogens with one attached hydrogen (secondary N) is 1. The Morgan fingerprint density at radius 2 is 1.79 bits per heavy atom. The predicted molar refractivity (Wildman–Crippen MR) is 88.3 cm³/mol. The van der Waals surface area contributed by atoms with E-state index in [0.29, 0.717) is 11.7 Å². The van der Waals surface area contributed by atoms with Crippen LogP contribution in [0.15, 0.2) is 0 Å². The van der Waals surface area contributed by atoms with Crippen LogP contribution in [0.2, 0.25) is 0 Å². The smallest absolute Gasteiger partial charge is 0.219 e. The maximum Gasteiger partial charge on any atom is 0.219 e. The minimum absolute atomic E-state index is 0.159. The van der Waals surface area contributed by atoms with Crippen molar-refractivity contribution >= 4 is 31.2 Å². The minimum Gasteiger partial charge on any atom is -0.396 e. The van der Waals surface area contributed by atoms with E-state index < -0.39 is 0 Å². The number of hydrogen-bond donors (Lipinski definition) is 4. The van der Waals surface area contributed by atoms with E-state index in [1.165, 1.54) is 0 Å². The van der Waals surface area contributed by atoms with Gasteiger partial charge in [0.2, 0.25) is 5.91 Å². The van der Waals surface area contributed by atoms with E-state index in [0.717, 1.165) is 63.7 Å². The molecule has 0 radical (unpaired) electrons. The summed E-state index contributed by atoms with van der Waals surface area (Å²) >= 11 is 8.64. The van der Waals surface area contributed by atoms with Crippen LogP contribution in [0.1, 0.15) is 57.8 Å². The lowest BCUT2D eigenvalue weighted by atomic mass is 10.1. The first-order valence-corrected chi connectivity index (χ1v) is 8.52. The second-order valence-corrected chi connectivity index (χ2v) is 6.08. The van der Waals surface area contributed by atoms with Gasteiger partial charge in [-0.2, -0.15) is 25.3 Å². The average Bonchev–Trinajstić information content (AvgIpc) is 2.39. The fourth-order valence-electron chi connectivity index (χ4n) is 1.87. The molecule has 0 saturated heterocycles. The van der Waals surface area contributed by atoms with Gasteiger partial charge in [0.25, 0.3) is 0 Å². The molecule has 0 saturated carbocycles. The normalized spacial score (nSPS) is 12.4. The molecule has 0 rings (SSSR count). The first-order valence-electron chi connectivity index (χ1n) is 7.37. The van der Waals surface area contributed by atoms with Crippen LogP contribution >= 0.6 is 25.3 Å². The number of unbranched alkanes of at least 4 members (excludes halogenated alkanes) is 4. The highest BCUT2D eigenvalue weighted by atomic mass is 32.1. The van der Waals surface area contributed by atoms with Crippen LogP contribution in [-0.4, -0.2) is 35.2 Å². The van der Waals surface area contributed by atoms with E-state index in [2.05, 4.69) is 30.6 Å². The zero-order valence-electron chi connectivity index (χ0n) is 11.8. The van der Waals surface area contributed by atoms with Crippen LogP contribution in [0.3, 0.4) is 0 Å². The number of carbonyl (C=O) groups excluding carboxylic acids is 1. The van der Waals surface area contributed by atoms with Crippen LogP contribution in [0.4, 0.5) is 0 Å². The summed E-state index contributed by atoms with van der Waals surface area (Å²) in [5.74, 6) is 1.04. The molecule has 5 heteroatoms. The molecule has 0 aliphatic heterocycles. The third kappa shape index (κ3) is 14.4. The Hall–Kier alpha value is 0.130. The van der Waals surface area contributed by atoms with Gasteiger partial charge >= 0.3 is 0 Å². The van der Waals surface area contributed by atoms with Gasteiger partial charge in [-0.25, -0.2) is 0 Å². The molecule has 0 aliphatic carbocycles. The zero-order chi connectivity index (χ0) is 14.3. The summed E-state index contributed by atoms with van der Waals surface area (Å²) in [6.07, 6.45) is 8.72. The molecule has 0 fully saturated rings. The van der Waals surface area contributed by atoms with Crippen LogP contribution in [0.25, 0.3) is 0 Å². The van der Waals surface area contributed by atoms with Gasteiger partial charge in [-0.3, -0.25) is 4.79 Å². The number of amides is 1. The Morgan fingerprint density at radius 3 is 2.47 bits per heavy atom. The third-order valence-corrected chi connectivity index (χ3v) is 3.84. The highest BCUT2D eigenvalue weighted by Gasteiger charge is 2.04. The van der Waals surface area contributed by atoms with Crippen molar-refractivity contribution < 1.29 is 9.90 Å². The Morgan fingerprint density at radius 1 is 1.05 bits per heavy atom. The third-order valence-electron chi connectivity index (χ3n) is 3.06. The van der Waals surface area contributed by atoms with Crippen molar-refractivity contribution in [2.45, 2.75) is 63.0 Å². The summed E-state index contributed by atoms with van der Waals surface area (Å²) < 4.78 is 0. The van der Waals surface area contributed by atoms with E-state index >= 15 is 0 Å². The van der Waals surface area contributed by atoms with Crippen molar-refractivity contribution in [3.8, 4) is 0 Å². The monoisotopic (exact) mass is 307 g/mol. The number of thiol groups is 2. The van der Waals surface area contributed by atoms with Gasteiger partial charge in [-0.15, -0.1) is 0 Å². The molecule has 0 spiro atoms. The summed E-state index contributed by atoms with van der Waals surface area (Å²) in [5.41, 5.74) is 0. The Labute approximate surface area is 128 Å². The Bertz CT molecular complexity index is 216. The van der Waals surface area contributed by atoms with Gasteiger partial charge in [0.1, 0.15) is 0 Å². The molecule has 0 aromatic carbocycles. The number of aliphatic hydroxyl groups excluding tert-OH is 1. The standard InChI is InChI=1S/C14H29NO2S2/c16-11-6-2-1-5-10-15-14(17)8-4-3-7-13(19)9-12-18/h13,16,18-19H,1-12H2,(H,15,17). The lowest BCUT2D eigenvalue weighted by Crippen LogP contribution is -2.24. The summed E-state index contributed by atoms with van der Waals surface area (Å²) in [6, 6.07) is 0. The van der Waals surface area contributed by atoms with Crippen LogP contribution in [0.5, 0.6) is 0 Å². The van der Waals surface area contributed by atoms with Gasteiger partial charge in [0.05, 0.1) is 0 Å². The van der Waals surface area contributed by atoms with Crippen molar-refractivity contribution in [1.29, 1.82) is 0 Å². The van der Waals surface area contributed by atoms with Gasteiger partial charge in [0, 0.05) is 24.8 Å². The van der Waals surface area contributed by atoms with Crippen molar-refractivity contribution in [2.24, 2.45) is 0 Å². The Kier molecular flexibility index (Phi) is 14.6. The molecule has 0 bridgehead atoms. The predicted octanol–water partition coefficient (Wildman–Crippen LogP) is 2.83. The second-order valence-electron chi connectivity index (χ2n) is 4.90. The van der Waals surface area contributed by atoms with E-state index in [1.54, 1.807) is 0 Å². The molecule has 0 aromatic heterocycles. The van der Waals surface area contributed by atoms with Crippen molar-refractivity contribution in [1.82, 2.24) is 5.32 Å². The van der Waals surface area contributed by atoms with Crippen molar-refractivity contribution in [3.05, 3.63) is 0 Å². The average molecular weight is 308 g/mol. The minimum atomic E-state index is 0.159. The molecule has 0 aromatic rings. The highest BCUT2D eigenvalue weighted by molar-refractivity contribution is 7.81. The second kappa shape index (κ2) is 14.5. The van der Waals surface area contributed by atoms with Crippen molar-refractivity contribution in [2.75, 3.05) is 18.9 Å². The number of aliphatic hydroxyl groups is 1. The molecule has 1 atom stereocenters. The summed E-state index contributed by atoms with van der Waals surface area (Å²) in [4.78, 5) is 11.5. The van der Waals surface area contributed by atoms with Crippen LogP contribution in [-0.2, 0) is 4.79 Å². The SMILES string of the molecule is O=C(CCCCC(S)CCS)NCCCCCCO. The number of carbonyl (C=O) groups is 1. The van der Waals surface area contributed by atoms with E-state index in [1.807, 2.05) is 0 Å². The molecular weight excluding hydrogens is 278 g/mol. The van der Waals surface area contributed by atoms with E-state index in [9.17, 15) is 4.79 Å². The Balaban J connectivity index is 3.25. The summed E-state index contributed by atoms with van der Waals surface area (Å²) in [7, 11) is 0. The number of rotatable bonds is 13. The summed E-state index contributed by atoms with van der Waals surface area (Å²) in [6.45, 7) is 1.03. The largest absolute Gasteiger partial charge is 0.396 e. The maximum atomic E-state index is 11.5. The molecule has 0 aliphatic rings. The maximum absolute atomic E-state index is 11.5. The van der Waals surface area contributed by atoms with Gasteiger partial charge < -0.3 is 10.4 Å². The molecule has 19 heavy (non-hydrogen) atoms. The fraction of sp³-hybridized carbons (Fsp3) is 0.929. The molecule has 3 nitrogen and oxygen atoms in total. The van der Waals surface area contributed by atoms with Crippen LogP contribution in [0, 0.1) is 0 Å². The molecular formula is C14H29NO2S2. The molecule has 2 N–H and O–H groups in total. The molecule has 1 amide bonds. The van der Waals surface area contributed by atoms with Crippen LogP contribution < -0.4 is 5.32 Å². The van der Waals surface area contributed by atoms with Gasteiger partial charge in [-0.1, -0.05) is 19.3 Å². The lowest BCUT2D eigenvalue weighted by molar-refractivity contribution is -0.121. The quantitative estimate of drug-likeness (QED) is 0.312. The van der Waals surface area contributed by atoms with Gasteiger partial charge in [-0.05, 0) is 37.9 Å². The van der Waals surface area contributed by atoms with E-state index in [-0.39, 0.29) is 12.5 Å². The number of hydrogen-bond acceptors (Lipinski definition) is 4. The van der Waals surface area contributed by atoms with Gasteiger partial charge in [0.15, 0.2) is 0 Å². The topological polar surface area (TPSA) is 49.3 Å². The first kappa shape index (κ1) is 19.1. The van der Waals surface area contributed by atoms with E-state index in [4.69, 9.17) is 5.11 Å². The lowest BCUT2D eigenvalue weighted by Gasteiger charge is -2.08. The zero-order valence-corrected chi connectivity index (χ0v) is 13.6. The summed E-state index contributed by atoms with van der Waals surface area (Å²) in [5, 5.41) is 12.0. The highest BCUT2D eigenvalue weighted by Crippen LogP contribution is 2.12. The molecule has 1 unspecified atom stereocenters. The van der Waals surface area contributed by atoms with Crippen molar-refractivity contribution in [3.63, 3.8) is 0 Å².